The molecule has 0 bridgehead atoms. The first-order valence-electron chi connectivity index (χ1n) is 5.07. The van der Waals surface area contributed by atoms with Gasteiger partial charge in [-0.15, -0.1) is 0 Å². The Labute approximate surface area is 89.5 Å². The van der Waals surface area contributed by atoms with Crippen molar-refractivity contribution in [1.29, 1.82) is 5.26 Å². The van der Waals surface area contributed by atoms with Crippen LogP contribution in [0.15, 0.2) is 5.10 Å². The first kappa shape index (κ1) is 11.7. The summed E-state index contributed by atoms with van der Waals surface area (Å²) in [5.41, 5.74) is 5.74. The van der Waals surface area contributed by atoms with Gasteiger partial charge < -0.3 is 5.73 Å². The summed E-state index contributed by atoms with van der Waals surface area (Å²) < 4.78 is 0. The van der Waals surface area contributed by atoms with Gasteiger partial charge in [-0.25, -0.2) is 5.01 Å². The molecule has 0 aliphatic carbocycles. The molecule has 82 valence electrons. The monoisotopic (exact) mass is 208 g/mol. The molecule has 0 saturated heterocycles. The van der Waals surface area contributed by atoms with E-state index >= 15 is 0 Å². The van der Waals surface area contributed by atoms with E-state index in [0.29, 0.717) is 18.8 Å². The highest BCUT2D eigenvalue weighted by atomic mass is 16.2. The van der Waals surface area contributed by atoms with Crippen LogP contribution < -0.4 is 5.73 Å². The van der Waals surface area contributed by atoms with Crippen molar-refractivity contribution >= 4 is 12.1 Å². The molecule has 2 N–H and O–H groups in total. The summed E-state index contributed by atoms with van der Waals surface area (Å²) in [6.07, 6.45) is 2.69. The van der Waals surface area contributed by atoms with E-state index < -0.39 is 12.1 Å². The summed E-state index contributed by atoms with van der Waals surface area (Å²) in [6, 6.07) is 0.992. The molecule has 1 amide bonds. The molecule has 0 spiro atoms. The Hall–Kier alpha value is -1.41. The second-order valence-corrected chi connectivity index (χ2v) is 4.10. The number of carbonyl (C=O) groups excluding carboxylic acids is 1. The van der Waals surface area contributed by atoms with Crippen molar-refractivity contribution < 1.29 is 4.79 Å². The van der Waals surface area contributed by atoms with Crippen LogP contribution in [-0.4, -0.2) is 29.2 Å². The van der Waals surface area contributed by atoms with Crippen molar-refractivity contribution in [2.75, 3.05) is 0 Å². The third kappa shape index (κ3) is 2.77. The van der Waals surface area contributed by atoms with Gasteiger partial charge in [0, 0.05) is 12.6 Å². The molecule has 1 rings (SSSR count). The molecule has 1 aliphatic rings. The van der Waals surface area contributed by atoms with Crippen LogP contribution in [0.4, 0.5) is 0 Å². The highest BCUT2D eigenvalue weighted by Crippen LogP contribution is 2.14. The molecule has 0 aromatic heterocycles. The minimum atomic E-state index is -0.559. The minimum absolute atomic E-state index is 0.260. The number of nitrogens with two attached hydrogens (primary N) is 1. The molecule has 1 aliphatic heterocycles. The molecule has 5 nitrogen and oxygen atoms in total. The number of hydrogen-bond donors (Lipinski definition) is 1. The number of hydrazone groups is 1. The van der Waals surface area contributed by atoms with Crippen LogP contribution in [0.2, 0.25) is 0 Å². The summed E-state index contributed by atoms with van der Waals surface area (Å²) >= 11 is 0. The number of nitriles is 1. The third-order valence-electron chi connectivity index (χ3n) is 2.25. The second kappa shape index (κ2) is 4.89. The molecule has 15 heavy (non-hydrogen) atoms. The lowest BCUT2D eigenvalue weighted by molar-refractivity contribution is -0.133. The van der Waals surface area contributed by atoms with Gasteiger partial charge in [-0.05, 0) is 12.3 Å². The fourth-order valence-corrected chi connectivity index (χ4v) is 1.51. The van der Waals surface area contributed by atoms with Crippen LogP contribution >= 0.6 is 0 Å². The Kier molecular flexibility index (Phi) is 3.81. The van der Waals surface area contributed by atoms with Gasteiger partial charge in [-0.2, -0.15) is 10.4 Å². The van der Waals surface area contributed by atoms with Crippen LogP contribution in [-0.2, 0) is 4.79 Å². The quantitative estimate of drug-likeness (QED) is 0.731. The molecule has 1 heterocycles. The lowest BCUT2D eigenvalue weighted by atomic mass is 10.0. The number of nitrogens with zero attached hydrogens (tertiary/aromatic N) is 3. The maximum absolute atomic E-state index is 11.8. The van der Waals surface area contributed by atoms with Crippen LogP contribution in [0.3, 0.4) is 0 Å². The van der Waals surface area contributed by atoms with E-state index in [9.17, 15) is 4.79 Å². The molecule has 0 aromatic carbocycles. The molecule has 0 radical (unpaired) electrons. The normalized spacial score (nSPS) is 21.8. The van der Waals surface area contributed by atoms with E-state index in [-0.39, 0.29) is 5.91 Å². The number of hydrogen-bond acceptors (Lipinski definition) is 4. The zero-order valence-corrected chi connectivity index (χ0v) is 9.05. The Morgan fingerprint density at radius 2 is 2.47 bits per heavy atom. The van der Waals surface area contributed by atoms with Crippen LogP contribution in [0.5, 0.6) is 0 Å². The molecular formula is C10H16N4O. The number of amides is 1. The van der Waals surface area contributed by atoms with Crippen molar-refractivity contribution in [2.45, 2.75) is 38.8 Å². The van der Waals surface area contributed by atoms with E-state index in [1.165, 1.54) is 5.01 Å². The van der Waals surface area contributed by atoms with Gasteiger partial charge in [0.15, 0.2) is 0 Å². The van der Waals surface area contributed by atoms with E-state index in [4.69, 9.17) is 11.0 Å². The predicted molar refractivity (Wildman–Crippen MR) is 56.8 cm³/mol. The highest BCUT2D eigenvalue weighted by molar-refractivity contribution is 5.84. The summed E-state index contributed by atoms with van der Waals surface area (Å²) in [4.78, 5) is 11.8. The standard InChI is InChI=1S/C10H16N4O/c1-7(2)5-9(12)10(15)14-8(6-11)3-4-13-14/h4,7-9H,3,5,12H2,1-2H3/t8?,9-/m0/s1. The largest absolute Gasteiger partial charge is 0.320 e. The third-order valence-corrected chi connectivity index (χ3v) is 2.25. The molecule has 0 aromatic rings. The summed E-state index contributed by atoms with van der Waals surface area (Å²) in [7, 11) is 0. The molecule has 0 fully saturated rings. The van der Waals surface area contributed by atoms with Crippen LogP contribution in [0.25, 0.3) is 0 Å². The summed E-state index contributed by atoms with van der Waals surface area (Å²) in [6.45, 7) is 4.00. The molecular weight excluding hydrogens is 192 g/mol. The lowest BCUT2D eigenvalue weighted by Crippen LogP contribution is -2.44. The summed E-state index contributed by atoms with van der Waals surface area (Å²) in [5, 5.41) is 13.9. The van der Waals surface area contributed by atoms with E-state index in [1.807, 2.05) is 19.9 Å². The van der Waals surface area contributed by atoms with Gasteiger partial charge in [-0.3, -0.25) is 4.79 Å². The van der Waals surface area contributed by atoms with Crippen molar-refractivity contribution in [1.82, 2.24) is 5.01 Å². The van der Waals surface area contributed by atoms with Crippen molar-refractivity contribution in [3.05, 3.63) is 0 Å². The van der Waals surface area contributed by atoms with Crippen LogP contribution in [0.1, 0.15) is 26.7 Å². The SMILES string of the molecule is CC(C)C[C@H](N)C(=O)N1N=CCC1C#N. The minimum Gasteiger partial charge on any atom is -0.320 e. The van der Waals surface area contributed by atoms with Gasteiger partial charge in [-0.1, -0.05) is 13.8 Å². The molecule has 1 unspecified atom stereocenters. The van der Waals surface area contributed by atoms with E-state index in [1.54, 1.807) is 6.21 Å². The van der Waals surface area contributed by atoms with Crippen molar-refractivity contribution in [3.8, 4) is 6.07 Å². The average molecular weight is 208 g/mol. The maximum atomic E-state index is 11.8. The van der Waals surface area contributed by atoms with Gasteiger partial charge >= 0.3 is 0 Å². The first-order valence-corrected chi connectivity index (χ1v) is 5.07. The zero-order valence-electron chi connectivity index (χ0n) is 9.05. The Balaban J connectivity index is 2.60. The highest BCUT2D eigenvalue weighted by Gasteiger charge is 2.30. The zero-order chi connectivity index (χ0) is 11.4. The lowest BCUT2D eigenvalue weighted by Gasteiger charge is -2.21. The Morgan fingerprint density at radius 1 is 1.80 bits per heavy atom. The topological polar surface area (TPSA) is 82.5 Å². The van der Waals surface area contributed by atoms with E-state index in [2.05, 4.69) is 5.10 Å². The van der Waals surface area contributed by atoms with E-state index in [0.717, 1.165) is 0 Å². The molecule has 0 saturated carbocycles. The number of carbonyl (C=O) groups is 1. The van der Waals surface area contributed by atoms with Gasteiger partial charge in [0.2, 0.25) is 0 Å². The fraction of sp³-hybridized carbons (Fsp3) is 0.700. The Bertz CT molecular complexity index is 305. The first-order chi connectivity index (χ1) is 7.06. The Morgan fingerprint density at radius 3 is 3.00 bits per heavy atom. The smallest absolute Gasteiger partial charge is 0.260 e. The molecule has 2 atom stereocenters. The predicted octanol–water partition coefficient (Wildman–Crippen LogP) is 0.470. The maximum Gasteiger partial charge on any atom is 0.260 e. The molecule has 5 heteroatoms. The van der Waals surface area contributed by atoms with Gasteiger partial charge in [0.1, 0.15) is 6.04 Å². The van der Waals surface area contributed by atoms with Crippen molar-refractivity contribution in [3.63, 3.8) is 0 Å². The van der Waals surface area contributed by atoms with Crippen molar-refractivity contribution in [2.24, 2.45) is 16.8 Å². The average Bonchev–Trinajstić information content (AvgIpc) is 2.62. The second-order valence-electron chi connectivity index (χ2n) is 4.10. The van der Waals surface area contributed by atoms with Crippen LogP contribution in [0, 0.1) is 17.2 Å². The van der Waals surface area contributed by atoms with Gasteiger partial charge in [0.25, 0.3) is 5.91 Å². The number of rotatable bonds is 3. The summed E-state index contributed by atoms with van der Waals surface area (Å²) in [5.74, 6) is 0.0973. The fourth-order valence-electron chi connectivity index (χ4n) is 1.51. The van der Waals surface area contributed by atoms with Gasteiger partial charge in [0.05, 0.1) is 12.1 Å².